The lowest BCUT2D eigenvalue weighted by atomic mass is 10.1. The van der Waals surface area contributed by atoms with Crippen LogP contribution in [0.2, 0.25) is 0 Å². The lowest BCUT2D eigenvalue weighted by molar-refractivity contribution is -0.114. The van der Waals surface area contributed by atoms with Gasteiger partial charge in [0.05, 0.1) is 0 Å². The second-order valence-electron chi connectivity index (χ2n) is 2.90. The molecule has 1 N–H and O–H groups in total. The van der Waals surface area contributed by atoms with Crippen molar-refractivity contribution in [3.05, 3.63) is 42.5 Å². The van der Waals surface area contributed by atoms with Gasteiger partial charge in [0.25, 0.3) is 0 Å². The van der Waals surface area contributed by atoms with Crippen molar-refractivity contribution < 1.29 is 4.79 Å². The normalized spacial score (nSPS) is 9.21. The Bertz CT molecular complexity index is 380. The van der Waals surface area contributed by atoms with Gasteiger partial charge in [-0.3, -0.25) is 4.79 Å². The average molecular weight is 187 g/mol. The molecule has 0 saturated heterocycles. The van der Waals surface area contributed by atoms with E-state index in [1.54, 1.807) is 12.2 Å². The average Bonchev–Trinajstić information content (AvgIpc) is 2.16. The van der Waals surface area contributed by atoms with Crippen molar-refractivity contribution in [2.45, 2.75) is 6.92 Å². The molecule has 2 nitrogen and oxygen atoms in total. The van der Waals surface area contributed by atoms with Crippen molar-refractivity contribution in [1.29, 1.82) is 0 Å². The zero-order chi connectivity index (χ0) is 10.6. The number of benzene rings is 1. The Labute approximate surface area is 84.0 Å². The van der Waals surface area contributed by atoms with Crippen LogP contribution in [0.25, 0.3) is 12.2 Å². The number of nitrogens with one attached hydrogen (secondary N) is 1. The number of hydrogen-bond acceptors (Lipinski definition) is 1. The maximum absolute atomic E-state index is 10.9. The van der Waals surface area contributed by atoms with Gasteiger partial charge in [-0.1, -0.05) is 37.4 Å². The molecule has 0 spiro atoms. The predicted octanol–water partition coefficient (Wildman–Crippen LogP) is 2.93. The minimum Gasteiger partial charge on any atom is -0.326 e. The lowest BCUT2D eigenvalue weighted by Crippen LogP contribution is -2.07. The number of carbonyl (C=O) groups excluding carboxylic acids is 1. The summed E-state index contributed by atoms with van der Waals surface area (Å²) in [5.41, 5.74) is 2.63. The number of amides is 1. The van der Waals surface area contributed by atoms with Gasteiger partial charge in [-0.05, 0) is 11.6 Å². The number of anilines is 1. The smallest absolute Gasteiger partial charge is 0.221 e. The van der Waals surface area contributed by atoms with Gasteiger partial charge in [-0.2, -0.15) is 0 Å². The van der Waals surface area contributed by atoms with Gasteiger partial charge in [-0.15, -0.1) is 0 Å². The highest BCUT2D eigenvalue weighted by Crippen LogP contribution is 2.21. The van der Waals surface area contributed by atoms with Gasteiger partial charge >= 0.3 is 0 Å². The maximum Gasteiger partial charge on any atom is 0.221 e. The molecule has 0 aliphatic carbocycles. The largest absolute Gasteiger partial charge is 0.326 e. The highest BCUT2D eigenvalue weighted by Gasteiger charge is 2.03. The molecule has 1 aromatic carbocycles. The predicted molar refractivity (Wildman–Crippen MR) is 60.9 cm³/mol. The van der Waals surface area contributed by atoms with E-state index in [2.05, 4.69) is 18.5 Å². The molecule has 0 saturated carbocycles. The molecule has 72 valence electrons. The third-order valence-corrected chi connectivity index (χ3v) is 1.87. The summed E-state index contributed by atoms with van der Waals surface area (Å²) in [7, 11) is 0. The minimum atomic E-state index is -0.0886. The van der Waals surface area contributed by atoms with E-state index in [4.69, 9.17) is 0 Å². The van der Waals surface area contributed by atoms with E-state index >= 15 is 0 Å². The number of rotatable bonds is 3. The summed E-state index contributed by atoms with van der Waals surface area (Å²) in [6, 6.07) is 5.63. The van der Waals surface area contributed by atoms with Crippen LogP contribution in [0.3, 0.4) is 0 Å². The monoisotopic (exact) mass is 187 g/mol. The summed E-state index contributed by atoms with van der Waals surface area (Å²) in [6.45, 7) is 8.89. The highest BCUT2D eigenvalue weighted by molar-refractivity contribution is 5.92. The van der Waals surface area contributed by atoms with Crippen molar-refractivity contribution >= 4 is 23.7 Å². The van der Waals surface area contributed by atoms with Crippen LogP contribution < -0.4 is 5.32 Å². The molecule has 0 aliphatic heterocycles. The fourth-order valence-electron chi connectivity index (χ4n) is 1.29. The summed E-state index contributed by atoms with van der Waals surface area (Å²) >= 11 is 0. The molecular weight excluding hydrogens is 174 g/mol. The second kappa shape index (κ2) is 4.42. The molecule has 0 aromatic heterocycles. The van der Waals surface area contributed by atoms with Gasteiger partial charge < -0.3 is 5.32 Å². The Kier molecular flexibility index (Phi) is 3.24. The van der Waals surface area contributed by atoms with Crippen LogP contribution in [0.5, 0.6) is 0 Å². The van der Waals surface area contributed by atoms with E-state index < -0.39 is 0 Å². The summed E-state index contributed by atoms with van der Waals surface area (Å²) < 4.78 is 0. The molecule has 0 unspecified atom stereocenters. The maximum atomic E-state index is 10.9. The summed E-state index contributed by atoms with van der Waals surface area (Å²) in [5, 5.41) is 2.74. The topological polar surface area (TPSA) is 29.1 Å². The van der Waals surface area contributed by atoms with Crippen molar-refractivity contribution in [3.63, 3.8) is 0 Å². The first-order chi connectivity index (χ1) is 6.69. The molecule has 2 heteroatoms. The van der Waals surface area contributed by atoms with Crippen molar-refractivity contribution in [3.8, 4) is 0 Å². The summed E-state index contributed by atoms with van der Waals surface area (Å²) in [6.07, 6.45) is 3.45. The molecule has 14 heavy (non-hydrogen) atoms. The van der Waals surface area contributed by atoms with Crippen LogP contribution in [0, 0.1) is 0 Å². The van der Waals surface area contributed by atoms with Gasteiger partial charge in [0.2, 0.25) is 5.91 Å². The molecule has 0 atom stereocenters. The molecular formula is C12H13NO. The van der Waals surface area contributed by atoms with E-state index in [1.807, 2.05) is 18.2 Å². The number of carbonyl (C=O) groups is 1. The fraction of sp³-hybridized carbons (Fsp3) is 0.0833. The van der Waals surface area contributed by atoms with E-state index in [1.165, 1.54) is 6.92 Å². The third-order valence-electron chi connectivity index (χ3n) is 1.87. The van der Waals surface area contributed by atoms with E-state index in [-0.39, 0.29) is 5.91 Å². The first-order valence-corrected chi connectivity index (χ1v) is 4.34. The zero-order valence-electron chi connectivity index (χ0n) is 8.21. The first kappa shape index (κ1) is 10.3. The Balaban J connectivity index is 3.21. The lowest BCUT2D eigenvalue weighted by Gasteiger charge is -2.08. The number of hydrogen-bond donors (Lipinski definition) is 1. The SMILES string of the molecule is C=Cc1cccc(NC(C)=O)c1C=C. The minimum absolute atomic E-state index is 0.0886. The molecule has 0 radical (unpaired) electrons. The summed E-state index contributed by atoms with van der Waals surface area (Å²) in [5.74, 6) is -0.0886. The van der Waals surface area contributed by atoms with Crippen LogP contribution in [0.1, 0.15) is 18.1 Å². The zero-order valence-corrected chi connectivity index (χ0v) is 8.21. The molecule has 0 heterocycles. The van der Waals surface area contributed by atoms with Crippen LogP contribution in [-0.4, -0.2) is 5.91 Å². The van der Waals surface area contributed by atoms with E-state index in [9.17, 15) is 4.79 Å². The van der Waals surface area contributed by atoms with Crippen molar-refractivity contribution in [1.82, 2.24) is 0 Å². The molecule has 1 aromatic rings. The third kappa shape index (κ3) is 2.10. The van der Waals surface area contributed by atoms with Crippen LogP contribution in [0.15, 0.2) is 31.4 Å². The Morgan fingerprint density at radius 3 is 2.57 bits per heavy atom. The fourth-order valence-corrected chi connectivity index (χ4v) is 1.29. The van der Waals surface area contributed by atoms with Gasteiger partial charge in [0.1, 0.15) is 0 Å². The van der Waals surface area contributed by atoms with Crippen LogP contribution in [0.4, 0.5) is 5.69 Å². The molecule has 1 amide bonds. The Morgan fingerprint density at radius 2 is 2.07 bits per heavy atom. The standard InChI is InChI=1S/C12H13NO/c1-4-10-7-6-8-12(11(10)5-2)13-9(3)14/h4-8H,1-2H2,3H3,(H,13,14). The highest BCUT2D eigenvalue weighted by atomic mass is 16.1. The van der Waals surface area contributed by atoms with Crippen LogP contribution >= 0.6 is 0 Å². The molecule has 0 fully saturated rings. The molecule has 0 bridgehead atoms. The summed E-state index contributed by atoms with van der Waals surface area (Å²) in [4.78, 5) is 10.9. The second-order valence-corrected chi connectivity index (χ2v) is 2.90. The van der Waals surface area contributed by atoms with Gasteiger partial charge in [0, 0.05) is 18.2 Å². The Hall–Kier alpha value is -1.83. The molecule has 1 rings (SSSR count). The van der Waals surface area contributed by atoms with Gasteiger partial charge in [0.15, 0.2) is 0 Å². The quantitative estimate of drug-likeness (QED) is 0.774. The molecule has 0 aliphatic rings. The van der Waals surface area contributed by atoms with Crippen molar-refractivity contribution in [2.24, 2.45) is 0 Å². The van der Waals surface area contributed by atoms with E-state index in [0.717, 1.165) is 16.8 Å². The van der Waals surface area contributed by atoms with Crippen molar-refractivity contribution in [2.75, 3.05) is 5.32 Å². The van der Waals surface area contributed by atoms with Crippen LogP contribution in [-0.2, 0) is 4.79 Å². The van der Waals surface area contributed by atoms with Gasteiger partial charge in [-0.25, -0.2) is 0 Å². The van der Waals surface area contributed by atoms with E-state index in [0.29, 0.717) is 0 Å². The Morgan fingerprint density at radius 1 is 1.36 bits per heavy atom. The first-order valence-electron chi connectivity index (χ1n) is 4.34.